The lowest BCUT2D eigenvalue weighted by Gasteiger charge is -2.39. The van der Waals surface area contributed by atoms with Crippen molar-refractivity contribution in [2.75, 3.05) is 46.3 Å². The van der Waals surface area contributed by atoms with Gasteiger partial charge in [-0.1, -0.05) is 27.7 Å². The molecule has 1 fully saturated rings. The number of piperazine rings is 1. The van der Waals surface area contributed by atoms with Gasteiger partial charge in [0, 0.05) is 38.8 Å². The lowest BCUT2D eigenvalue weighted by Crippen LogP contribution is -2.53. The van der Waals surface area contributed by atoms with E-state index in [4.69, 9.17) is 0 Å². The smallest absolute Gasteiger partial charge is 0.0243 e. The van der Waals surface area contributed by atoms with Gasteiger partial charge in [0.15, 0.2) is 0 Å². The molecule has 1 aliphatic rings. The Hall–Kier alpha value is -0.120. The standard InChI is InChI=1S/C14H31N3/c1-6-7-15-13(14(2,3)4)12-17-10-8-16(5)9-11-17/h13,15H,6-12H2,1-5H3. The summed E-state index contributed by atoms with van der Waals surface area (Å²) in [5.74, 6) is 0. The average Bonchev–Trinajstić information content (AvgIpc) is 2.25. The zero-order valence-electron chi connectivity index (χ0n) is 12.4. The SMILES string of the molecule is CCCNC(CN1CCN(C)CC1)C(C)(C)C. The number of nitrogens with one attached hydrogen (secondary N) is 1. The van der Waals surface area contributed by atoms with Crippen molar-refractivity contribution >= 4 is 0 Å². The van der Waals surface area contributed by atoms with Crippen molar-refractivity contribution in [3.63, 3.8) is 0 Å². The summed E-state index contributed by atoms with van der Waals surface area (Å²) in [6.45, 7) is 16.5. The molecule has 0 bridgehead atoms. The van der Waals surface area contributed by atoms with Crippen LogP contribution in [-0.2, 0) is 0 Å². The second-order valence-corrected chi connectivity index (χ2v) is 6.48. The van der Waals surface area contributed by atoms with E-state index in [2.05, 4.69) is 49.9 Å². The Bertz CT molecular complexity index is 202. The Morgan fingerprint density at radius 2 is 1.71 bits per heavy atom. The van der Waals surface area contributed by atoms with E-state index in [1.54, 1.807) is 0 Å². The number of rotatable bonds is 5. The minimum absolute atomic E-state index is 0.346. The van der Waals surface area contributed by atoms with Gasteiger partial charge in [-0.05, 0) is 25.4 Å². The van der Waals surface area contributed by atoms with Crippen molar-refractivity contribution in [1.29, 1.82) is 0 Å². The molecule has 0 spiro atoms. The maximum absolute atomic E-state index is 3.71. The Balaban J connectivity index is 2.42. The minimum Gasteiger partial charge on any atom is -0.312 e. The second-order valence-electron chi connectivity index (χ2n) is 6.48. The maximum atomic E-state index is 3.71. The first-order valence-electron chi connectivity index (χ1n) is 7.07. The van der Waals surface area contributed by atoms with Gasteiger partial charge in [-0.2, -0.15) is 0 Å². The third-order valence-corrected chi connectivity index (χ3v) is 3.72. The van der Waals surface area contributed by atoms with Crippen LogP contribution < -0.4 is 5.32 Å². The molecule has 17 heavy (non-hydrogen) atoms. The van der Waals surface area contributed by atoms with E-state index in [1.807, 2.05) is 0 Å². The summed E-state index contributed by atoms with van der Waals surface area (Å²) in [7, 11) is 2.22. The lowest BCUT2D eigenvalue weighted by molar-refractivity contribution is 0.116. The van der Waals surface area contributed by atoms with Crippen molar-refractivity contribution in [3.05, 3.63) is 0 Å². The fourth-order valence-corrected chi connectivity index (χ4v) is 2.25. The summed E-state index contributed by atoms with van der Waals surface area (Å²) in [5.41, 5.74) is 0.346. The van der Waals surface area contributed by atoms with Crippen LogP contribution in [0.1, 0.15) is 34.1 Å². The molecule has 1 unspecified atom stereocenters. The van der Waals surface area contributed by atoms with E-state index in [-0.39, 0.29) is 0 Å². The Labute approximate surface area is 108 Å². The van der Waals surface area contributed by atoms with Crippen molar-refractivity contribution < 1.29 is 0 Å². The van der Waals surface area contributed by atoms with Crippen LogP contribution in [0.5, 0.6) is 0 Å². The van der Waals surface area contributed by atoms with Crippen LogP contribution in [0, 0.1) is 5.41 Å². The Morgan fingerprint density at radius 3 is 2.18 bits per heavy atom. The van der Waals surface area contributed by atoms with Gasteiger partial charge >= 0.3 is 0 Å². The fraction of sp³-hybridized carbons (Fsp3) is 1.00. The number of likely N-dealkylation sites (N-methyl/N-ethyl adjacent to an activating group) is 1. The predicted molar refractivity (Wildman–Crippen MR) is 75.5 cm³/mol. The maximum Gasteiger partial charge on any atom is 0.0243 e. The van der Waals surface area contributed by atoms with Crippen molar-refractivity contribution in [1.82, 2.24) is 15.1 Å². The van der Waals surface area contributed by atoms with Crippen LogP contribution in [0.3, 0.4) is 0 Å². The van der Waals surface area contributed by atoms with E-state index >= 15 is 0 Å². The van der Waals surface area contributed by atoms with Crippen LogP contribution >= 0.6 is 0 Å². The second kappa shape index (κ2) is 6.72. The molecule has 3 nitrogen and oxygen atoms in total. The first-order valence-corrected chi connectivity index (χ1v) is 7.07. The molecule has 1 rings (SSSR count). The molecule has 1 N–H and O–H groups in total. The van der Waals surface area contributed by atoms with Crippen molar-refractivity contribution in [2.45, 2.75) is 40.2 Å². The summed E-state index contributed by atoms with van der Waals surface area (Å²) in [6, 6.07) is 0.603. The first kappa shape index (κ1) is 14.9. The van der Waals surface area contributed by atoms with Crippen molar-refractivity contribution in [2.24, 2.45) is 5.41 Å². The molecule has 0 aliphatic carbocycles. The number of hydrogen-bond donors (Lipinski definition) is 1. The Morgan fingerprint density at radius 1 is 1.12 bits per heavy atom. The number of hydrogen-bond acceptors (Lipinski definition) is 3. The van der Waals surface area contributed by atoms with Gasteiger partial charge < -0.3 is 10.2 Å². The van der Waals surface area contributed by atoms with Crippen molar-refractivity contribution in [3.8, 4) is 0 Å². The van der Waals surface area contributed by atoms with Crippen LogP contribution in [0.25, 0.3) is 0 Å². The van der Waals surface area contributed by atoms with Crippen LogP contribution in [0.2, 0.25) is 0 Å². The van der Waals surface area contributed by atoms with Gasteiger partial charge in [0.25, 0.3) is 0 Å². The molecule has 0 aromatic heterocycles. The Kier molecular flexibility index (Phi) is 5.90. The summed E-state index contributed by atoms with van der Waals surface area (Å²) >= 11 is 0. The quantitative estimate of drug-likeness (QED) is 0.789. The van der Waals surface area contributed by atoms with Crippen LogP contribution in [-0.4, -0.2) is 62.2 Å². The molecule has 0 amide bonds. The molecule has 1 aliphatic heterocycles. The fourth-order valence-electron chi connectivity index (χ4n) is 2.25. The molecule has 1 saturated heterocycles. The van der Waals surface area contributed by atoms with E-state index in [0.29, 0.717) is 11.5 Å². The molecule has 0 saturated carbocycles. The molecule has 1 atom stereocenters. The third-order valence-electron chi connectivity index (χ3n) is 3.72. The van der Waals surface area contributed by atoms with Gasteiger partial charge in [-0.25, -0.2) is 0 Å². The zero-order chi connectivity index (χ0) is 12.9. The first-order chi connectivity index (χ1) is 7.93. The van der Waals surface area contributed by atoms with Crippen LogP contribution in [0.15, 0.2) is 0 Å². The predicted octanol–water partition coefficient (Wildman–Crippen LogP) is 1.65. The molecular formula is C14H31N3. The monoisotopic (exact) mass is 241 g/mol. The molecule has 1 heterocycles. The van der Waals surface area contributed by atoms with Gasteiger partial charge in [-0.15, -0.1) is 0 Å². The molecule has 102 valence electrons. The highest BCUT2D eigenvalue weighted by atomic mass is 15.3. The van der Waals surface area contributed by atoms with E-state index in [9.17, 15) is 0 Å². The number of nitrogens with zero attached hydrogens (tertiary/aromatic N) is 2. The highest BCUT2D eigenvalue weighted by Crippen LogP contribution is 2.20. The van der Waals surface area contributed by atoms with Crippen LogP contribution in [0.4, 0.5) is 0 Å². The third kappa shape index (κ3) is 5.36. The largest absolute Gasteiger partial charge is 0.312 e. The van der Waals surface area contributed by atoms with Gasteiger partial charge in [0.1, 0.15) is 0 Å². The molecule has 0 aromatic carbocycles. The van der Waals surface area contributed by atoms with E-state index in [1.165, 1.54) is 39.1 Å². The summed E-state index contributed by atoms with van der Waals surface area (Å²) in [4.78, 5) is 5.03. The van der Waals surface area contributed by atoms with E-state index in [0.717, 1.165) is 6.54 Å². The van der Waals surface area contributed by atoms with Gasteiger partial charge in [0.2, 0.25) is 0 Å². The molecule has 3 heteroatoms. The average molecular weight is 241 g/mol. The molecule has 0 radical (unpaired) electrons. The summed E-state index contributed by atoms with van der Waals surface area (Å²) in [5, 5.41) is 3.71. The summed E-state index contributed by atoms with van der Waals surface area (Å²) in [6.07, 6.45) is 1.22. The highest BCUT2D eigenvalue weighted by molar-refractivity contribution is 4.84. The zero-order valence-corrected chi connectivity index (χ0v) is 12.4. The topological polar surface area (TPSA) is 18.5 Å². The molecular weight excluding hydrogens is 210 g/mol. The van der Waals surface area contributed by atoms with Gasteiger partial charge in [-0.3, -0.25) is 4.90 Å². The minimum atomic E-state index is 0.346. The normalized spacial score (nSPS) is 21.7. The van der Waals surface area contributed by atoms with E-state index < -0.39 is 0 Å². The molecule has 0 aromatic rings. The van der Waals surface area contributed by atoms with Gasteiger partial charge in [0.05, 0.1) is 0 Å². The highest BCUT2D eigenvalue weighted by Gasteiger charge is 2.27. The summed E-state index contributed by atoms with van der Waals surface area (Å²) < 4.78 is 0. The lowest BCUT2D eigenvalue weighted by atomic mass is 9.86.